The summed E-state index contributed by atoms with van der Waals surface area (Å²) in [5.74, 6) is 4.51. The topological polar surface area (TPSA) is 131 Å². The van der Waals surface area contributed by atoms with Gasteiger partial charge in [-0.3, -0.25) is 13.7 Å². The first kappa shape index (κ1) is 76.7. The summed E-state index contributed by atoms with van der Waals surface area (Å²) in [4.78, 5) is 41.5. The molecule has 0 unspecified atom stereocenters. The average Bonchev–Trinajstić information content (AvgIpc) is 1.54. The van der Waals surface area contributed by atoms with E-state index in [1.165, 1.54) is 110 Å². The Balaban J connectivity index is 0.000000106. The average molecular weight is 1680 g/mol. The first-order valence-electron chi connectivity index (χ1n) is 44.8. The summed E-state index contributed by atoms with van der Waals surface area (Å²) in [6.45, 7) is 14.0. The fraction of sp³-hybridized carbons (Fsp3) is 0.0756. The third-order valence-corrected chi connectivity index (χ3v) is 27.5. The van der Waals surface area contributed by atoms with Crippen molar-refractivity contribution in [3.05, 3.63) is 428 Å². The summed E-state index contributed by atoms with van der Waals surface area (Å²) in [5, 5.41) is 9.26. The van der Waals surface area contributed by atoms with Gasteiger partial charge < -0.3 is 4.42 Å². The van der Waals surface area contributed by atoms with Crippen LogP contribution in [0.15, 0.2) is 399 Å². The minimum atomic E-state index is -0.141. The number of hydrogen-bond acceptors (Lipinski definition) is 9. The number of aromatic nitrogens is 11. The Labute approximate surface area is 755 Å². The standard InChI is InChI=1S/C42H28N4O.C42H30N4.C35H25N3/c1-42(2)32-20-9-6-17-30(32)36-33(42)24-23-28-26-15-7-10-21-34(26)46(37(28)36)41-44-39(25-13-4-3-5-14-25)43-40(45-41)31-19-12-18-29-27-16-8-11-22-35(27)47-38(29)31;1-42(2)34-21-13-12-20-32(34)37-35(42)24-23-31-33-26-30(27-14-6-3-7-15-27)22-25-36(33)46(38(31)37)41-44-39(28-16-8-4-9-17-28)43-40(45-41)29-18-10-5-11-19-29;1-35(2)26-16-8-6-15-25(26)31-27(35)21-20-24-23-14-7-11-19-30(23)38(33(24)31)34-32(22-12-4-3-5-13-22)36-28-17-9-10-18-29(28)37-34/h3-24H,1-2H3;3-26H,1-2H3;3-21H,1-2H3. The van der Waals surface area contributed by atoms with Crippen molar-refractivity contribution >= 4 is 98.4 Å². The molecule has 3 aliphatic rings. The molecular weight excluding hydrogens is 1600 g/mol. The summed E-state index contributed by atoms with van der Waals surface area (Å²) >= 11 is 0. The maximum atomic E-state index is 6.47. The molecule has 7 heterocycles. The van der Waals surface area contributed by atoms with Gasteiger partial charge in [0.25, 0.3) is 0 Å². The van der Waals surface area contributed by atoms with Crippen LogP contribution in [0.25, 0.3) is 217 Å². The van der Waals surface area contributed by atoms with E-state index in [0.29, 0.717) is 35.2 Å². The largest absolute Gasteiger partial charge is 0.455 e. The van der Waals surface area contributed by atoms with Crippen molar-refractivity contribution in [2.45, 2.75) is 57.8 Å². The molecule has 620 valence electrons. The Bertz CT molecular complexity index is 8750. The normalized spacial score (nSPS) is 13.5. The number of nitrogens with zero attached hydrogens (tertiary/aromatic N) is 11. The van der Waals surface area contributed by atoms with E-state index in [1.54, 1.807) is 0 Å². The highest BCUT2D eigenvalue weighted by Crippen LogP contribution is 2.57. The van der Waals surface area contributed by atoms with Gasteiger partial charge in [0, 0.05) is 98.3 Å². The number of furan rings is 1. The molecule has 27 rings (SSSR count). The van der Waals surface area contributed by atoms with E-state index in [2.05, 4.69) is 334 Å². The lowest BCUT2D eigenvalue weighted by Gasteiger charge is -2.21. The Hall–Kier alpha value is -16.7. The Kier molecular flexibility index (Phi) is 17.4. The summed E-state index contributed by atoms with van der Waals surface area (Å²) in [6.07, 6.45) is 0. The predicted molar refractivity (Wildman–Crippen MR) is 535 cm³/mol. The molecule has 0 amide bonds. The molecule has 0 radical (unpaired) electrons. The lowest BCUT2D eigenvalue weighted by molar-refractivity contribution is 0.660. The van der Waals surface area contributed by atoms with E-state index in [-0.39, 0.29) is 16.2 Å². The van der Waals surface area contributed by atoms with Crippen LogP contribution in [0.5, 0.6) is 0 Å². The van der Waals surface area contributed by atoms with Gasteiger partial charge >= 0.3 is 0 Å². The molecule has 17 aromatic carbocycles. The molecule has 0 aliphatic heterocycles. The number of benzene rings is 17. The summed E-state index contributed by atoms with van der Waals surface area (Å²) in [5.41, 5.74) is 33.3. The van der Waals surface area contributed by atoms with Crippen molar-refractivity contribution in [3.8, 4) is 119 Å². The van der Waals surface area contributed by atoms with Gasteiger partial charge in [0.05, 0.1) is 49.7 Å². The highest BCUT2D eigenvalue weighted by molar-refractivity contribution is 6.19. The van der Waals surface area contributed by atoms with Crippen LogP contribution in [0.1, 0.15) is 74.9 Å². The highest BCUT2D eigenvalue weighted by Gasteiger charge is 2.42. The van der Waals surface area contributed by atoms with Crippen molar-refractivity contribution in [2.75, 3.05) is 0 Å². The Morgan fingerprint density at radius 1 is 0.221 bits per heavy atom. The van der Waals surface area contributed by atoms with E-state index >= 15 is 0 Å². The van der Waals surface area contributed by atoms with Gasteiger partial charge in [-0.15, -0.1) is 0 Å². The molecule has 0 atom stereocenters. The van der Waals surface area contributed by atoms with E-state index < -0.39 is 0 Å². The molecule has 0 saturated carbocycles. The minimum absolute atomic E-state index is 0.0846. The van der Waals surface area contributed by atoms with Crippen LogP contribution >= 0.6 is 0 Å². The fourth-order valence-corrected chi connectivity index (χ4v) is 21.3. The van der Waals surface area contributed by atoms with E-state index in [1.807, 2.05) is 115 Å². The summed E-state index contributed by atoms with van der Waals surface area (Å²) < 4.78 is 13.4. The summed E-state index contributed by atoms with van der Waals surface area (Å²) in [6, 6.07) is 138. The molecule has 24 aromatic rings. The zero-order chi connectivity index (χ0) is 87.5. The third kappa shape index (κ3) is 12.0. The Morgan fingerprint density at radius 3 is 1.08 bits per heavy atom. The van der Waals surface area contributed by atoms with Crippen molar-refractivity contribution in [1.82, 2.24) is 53.6 Å². The molecule has 0 spiro atoms. The number of rotatable bonds is 9. The second-order valence-electron chi connectivity index (χ2n) is 36.0. The van der Waals surface area contributed by atoms with Crippen molar-refractivity contribution in [2.24, 2.45) is 0 Å². The minimum Gasteiger partial charge on any atom is -0.455 e. The molecular formula is C119H83N11O. The van der Waals surface area contributed by atoms with Crippen LogP contribution in [-0.4, -0.2) is 53.6 Å². The summed E-state index contributed by atoms with van der Waals surface area (Å²) in [7, 11) is 0. The van der Waals surface area contributed by atoms with E-state index in [4.69, 9.17) is 44.3 Å². The zero-order valence-electron chi connectivity index (χ0n) is 72.9. The Morgan fingerprint density at radius 2 is 0.580 bits per heavy atom. The molecule has 7 aromatic heterocycles. The lowest BCUT2D eigenvalue weighted by Crippen LogP contribution is -2.14. The van der Waals surface area contributed by atoms with E-state index in [0.717, 1.165) is 105 Å². The van der Waals surface area contributed by atoms with Gasteiger partial charge in [0.2, 0.25) is 11.9 Å². The monoisotopic (exact) mass is 1680 g/mol. The maximum absolute atomic E-state index is 6.47. The molecule has 3 aliphatic carbocycles. The van der Waals surface area contributed by atoms with Crippen LogP contribution in [0, 0.1) is 0 Å². The van der Waals surface area contributed by atoms with Crippen molar-refractivity contribution < 1.29 is 4.42 Å². The maximum Gasteiger partial charge on any atom is 0.238 e. The lowest BCUT2D eigenvalue weighted by atomic mass is 9.82. The highest BCUT2D eigenvalue weighted by atomic mass is 16.3. The first-order valence-corrected chi connectivity index (χ1v) is 44.8. The number of para-hydroxylation sites is 6. The quantitative estimate of drug-likeness (QED) is 0.139. The molecule has 131 heavy (non-hydrogen) atoms. The molecule has 0 N–H and O–H groups in total. The van der Waals surface area contributed by atoms with Crippen molar-refractivity contribution in [1.29, 1.82) is 0 Å². The van der Waals surface area contributed by atoms with Gasteiger partial charge in [-0.1, -0.05) is 387 Å². The fourth-order valence-electron chi connectivity index (χ4n) is 21.3. The third-order valence-electron chi connectivity index (χ3n) is 27.5. The van der Waals surface area contributed by atoms with Gasteiger partial charge in [-0.05, 0) is 110 Å². The first-order chi connectivity index (χ1) is 64.3. The predicted octanol–water partition coefficient (Wildman–Crippen LogP) is 29.5. The van der Waals surface area contributed by atoms with Gasteiger partial charge in [-0.25, -0.2) is 19.9 Å². The molecule has 12 nitrogen and oxygen atoms in total. The molecule has 0 saturated heterocycles. The van der Waals surface area contributed by atoms with Gasteiger partial charge in [0.15, 0.2) is 29.1 Å². The van der Waals surface area contributed by atoms with Crippen LogP contribution in [0.3, 0.4) is 0 Å². The smallest absolute Gasteiger partial charge is 0.238 e. The second-order valence-corrected chi connectivity index (χ2v) is 36.0. The van der Waals surface area contributed by atoms with Gasteiger partial charge in [-0.2, -0.15) is 19.9 Å². The van der Waals surface area contributed by atoms with Gasteiger partial charge in [0.1, 0.15) is 16.9 Å². The van der Waals surface area contributed by atoms with E-state index in [9.17, 15) is 0 Å². The zero-order valence-corrected chi connectivity index (χ0v) is 72.9. The number of hydrogen-bond donors (Lipinski definition) is 0. The number of fused-ring (bicyclic) bond motifs is 25. The van der Waals surface area contributed by atoms with Crippen LogP contribution < -0.4 is 0 Å². The molecule has 0 bridgehead atoms. The molecule has 0 fully saturated rings. The van der Waals surface area contributed by atoms with Crippen LogP contribution in [-0.2, 0) is 16.2 Å². The van der Waals surface area contributed by atoms with Crippen molar-refractivity contribution in [3.63, 3.8) is 0 Å². The van der Waals surface area contributed by atoms with Crippen LogP contribution in [0.4, 0.5) is 0 Å². The molecule has 12 heteroatoms. The van der Waals surface area contributed by atoms with Crippen LogP contribution in [0.2, 0.25) is 0 Å². The second kappa shape index (κ2) is 29.7. The SMILES string of the molecule is CC1(C)c2ccccc2-c2c1ccc1c3cc(-c4ccccc4)ccc3n(-c3nc(-c4ccccc4)nc(-c4ccccc4)n3)c21.CC1(C)c2ccccc2-c2c1ccc1c3ccccc3n(-c3nc(-c4ccccc4)nc(-c4cccc5c4oc4ccccc45)n3)c21.CC1(C)c2ccccc2-c2c1ccc1c3ccccc3n(-c3nc4ccccc4nc3-c3ccccc3)c21.